The van der Waals surface area contributed by atoms with Gasteiger partial charge in [0.1, 0.15) is 5.54 Å². The monoisotopic (exact) mass is 452 g/mol. The first kappa shape index (κ1) is 22.3. The van der Waals surface area contributed by atoms with Crippen LogP contribution in [0.1, 0.15) is 37.0 Å². The van der Waals surface area contributed by atoms with Crippen molar-refractivity contribution in [1.29, 1.82) is 0 Å². The van der Waals surface area contributed by atoms with Crippen molar-refractivity contribution in [3.8, 4) is 0 Å². The standard InChI is InChI=1S/C23H24N4O6/c1-23(2)22(30)24-17-7-3-4-8-19(17)26(23)20(28)14-33-21(29)16-13-15(27(31)32)9-10-18(16)25-11-5-6-12-25/h3-4,7-10,13H,5-6,11-12,14H2,1-2H3,(H,24,30). The molecular formula is C23H24N4O6. The number of nitro benzene ring substituents is 1. The number of rotatable bonds is 5. The lowest BCUT2D eigenvalue weighted by atomic mass is 9.96. The van der Waals surface area contributed by atoms with Gasteiger partial charge in [-0.05, 0) is 44.9 Å². The molecule has 0 radical (unpaired) electrons. The van der Waals surface area contributed by atoms with Crippen molar-refractivity contribution in [2.75, 3.05) is 34.8 Å². The molecule has 10 nitrogen and oxygen atoms in total. The zero-order valence-corrected chi connectivity index (χ0v) is 18.4. The van der Waals surface area contributed by atoms with Gasteiger partial charge < -0.3 is 15.0 Å². The van der Waals surface area contributed by atoms with E-state index in [2.05, 4.69) is 5.32 Å². The number of carbonyl (C=O) groups excluding carboxylic acids is 3. The van der Waals surface area contributed by atoms with Crippen molar-refractivity contribution in [3.63, 3.8) is 0 Å². The SMILES string of the molecule is CC1(C)C(=O)Nc2ccccc2N1C(=O)COC(=O)c1cc([N+](=O)[O-])ccc1N1CCCC1. The lowest BCUT2D eigenvalue weighted by Crippen LogP contribution is -2.59. The van der Waals surface area contributed by atoms with E-state index < -0.39 is 28.9 Å². The van der Waals surface area contributed by atoms with E-state index in [9.17, 15) is 24.5 Å². The molecule has 2 aliphatic rings. The second-order valence-electron chi connectivity index (χ2n) is 8.49. The Balaban J connectivity index is 1.58. The summed E-state index contributed by atoms with van der Waals surface area (Å²) in [4.78, 5) is 52.6. The molecule has 0 spiro atoms. The Morgan fingerprint density at radius 3 is 2.52 bits per heavy atom. The minimum absolute atomic E-state index is 0.0370. The van der Waals surface area contributed by atoms with Crippen molar-refractivity contribution in [2.45, 2.75) is 32.2 Å². The fraction of sp³-hybridized carbons (Fsp3) is 0.348. The molecule has 0 atom stereocenters. The van der Waals surface area contributed by atoms with Crippen molar-refractivity contribution in [2.24, 2.45) is 0 Å². The number of ether oxygens (including phenoxy) is 1. The van der Waals surface area contributed by atoms with E-state index in [0.29, 0.717) is 17.1 Å². The average Bonchev–Trinajstić information content (AvgIpc) is 3.32. The van der Waals surface area contributed by atoms with Gasteiger partial charge in [-0.15, -0.1) is 0 Å². The minimum atomic E-state index is -1.20. The van der Waals surface area contributed by atoms with E-state index in [4.69, 9.17) is 4.74 Å². The van der Waals surface area contributed by atoms with E-state index in [0.717, 1.165) is 25.9 Å². The van der Waals surface area contributed by atoms with Gasteiger partial charge in [-0.3, -0.25) is 24.6 Å². The van der Waals surface area contributed by atoms with Gasteiger partial charge in [-0.25, -0.2) is 4.79 Å². The number of fused-ring (bicyclic) bond motifs is 1. The van der Waals surface area contributed by atoms with Gasteiger partial charge in [0.15, 0.2) is 6.61 Å². The number of nitrogens with zero attached hydrogens (tertiary/aromatic N) is 3. The van der Waals surface area contributed by atoms with Crippen molar-refractivity contribution < 1.29 is 24.0 Å². The Morgan fingerprint density at radius 1 is 1.12 bits per heavy atom. The third-order valence-electron chi connectivity index (χ3n) is 5.94. The highest BCUT2D eigenvalue weighted by molar-refractivity contribution is 6.14. The highest BCUT2D eigenvalue weighted by atomic mass is 16.6. The van der Waals surface area contributed by atoms with Gasteiger partial charge in [0.25, 0.3) is 11.6 Å². The first-order valence-corrected chi connectivity index (χ1v) is 10.6. The molecule has 1 fully saturated rings. The van der Waals surface area contributed by atoms with Gasteiger partial charge in [0.05, 0.1) is 27.5 Å². The third-order valence-corrected chi connectivity index (χ3v) is 5.94. The van der Waals surface area contributed by atoms with Crippen molar-refractivity contribution in [1.82, 2.24) is 0 Å². The lowest BCUT2D eigenvalue weighted by Gasteiger charge is -2.41. The number of nitrogens with one attached hydrogen (secondary N) is 1. The molecule has 2 aromatic carbocycles. The largest absolute Gasteiger partial charge is 0.452 e. The maximum absolute atomic E-state index is 13.1. The highest BCUT2D eigenvalue weighted by Gasteiger charge is 2.43. The van der Waals surface area contributed by atoms with Crippen LogP contribution in [-0.2, 0) is 14.3 Å². The molecule has 0 saturated carbocycles. The van der Waals surface area contributed by atoms with Crippen LogP contribution >= 0.6 is 0 Å². The summed E-state index contributed by atoms with van der Waals surface area (Å²) in [7, 11) is 0. The van der Waals surface area contributed by atoms with Crippen LogP contribution in [0.4, 0.5) is 22.7 Å². The van der Waals surface area contributed by atoms with Gasteiger partial charge >= 0.3 is 5.97 Å². The van der Waals surface area contributed by atoms with Crippen LogP contribution in [0, 0.1) is 10.1 Å². The second kappa shape index (κ2) is 8.53. The van der Waals surface area contributed by atoms with Crippen molar-refractivity contribution >= 4 is 40.5 Å². The number of nitro groups is 1. The van der Waals surface area contributed by atoms with E-state index in [1.54, 1.807) is 38.1 Å². The summed E-state index contributed by atoms with van der Waals surface area (Å²) in [5.74, 6) is -1.78. The summed E-state index contributed by atoms with van der Waals surface area (Å²) in [6, 6.07) is 10.9. The molecule has 4 rings (SSSR count). The second-order valence-corrected chi connectivity index (χ2v) is 8.49. The van der Waals surface area contributed by atoms with Crippen molar-refractivity contribution in [3.05, 3.63) is 58.1 Å². The fourth-order valence-corrected chi connectivity index (χ4v) is 4.20. The zero-order chi connectivity index (χ0) is 23.8. The van der Waals surface area contributed by atoms with E-state index >= 15 is 0 Å². The number of anilines is 3. The molecule has 33 heavy (non-hydrogen) atoms. The van der Waals surface area contributed by atoms with Crippen LogP contribution in [0.3, 0.4) is 0 Å². The summed E-state index contributed by atoms with van der Waals surface area (Å²) in [5.41, 5.74) is 0.115. The number of esters is 1. The molecule has 1 saturated heterocycles. The Labute approximate surface area is 190 Å². The Morgan fingerprint density at radius 2 is 1.82 bits per heavy atom. The normalized spacial score (nSPS) is 16.7. The molecule has 10 heteroatoms. The van der Waals surface area contributed by atoms with E-state index in [-0.39, 0.29) is 17.2 Å². The highest BCUT2D eigenvalue weighted by Crippen LogP contribution is 2.37. The van der Waals surface area contributed by atoms with Crippen LogP contribution in [0.25, 0.3) is 0 Å². The Hall–Kier alpha value is -3.95. The van der Waals surface area contributed by atoms with E-state index in [1.165, 1.54) is 23.1 Å². The summed E-state index contributed by atoms with van der Waals surface area (Å²) >= 11 is 0. The van der Waals surface area contributed by atoms with Gasteiger partial charge in [0.2, 0.25) is 5.91 Å². The number of hydrogen-bond donors (Lipinski definition) is 1. The molecule has 2 aromatic rings. The number of amides is 2. The van der Waals surface area contributed by atoms with Gasteiger partial charge in [-0.1, -0.05) is 12.1 Å². The van der Waals surface area contributed by atoms with Crippen LogP contribution in [0.15, 0.2) is 42.5 Å². The number of hydrogen-bond acceptors (Lipinski definition) is 7. The van der Waals surface area contributed by atoms with Gasteiger partial charge in [-0.2, -0.15) is 0 Å². The van der Waals surface area contributed by atoms with Gasteiger partial charge in [0, 0.05) is 25.2 Å². The summed E-state index contributed by atoms with van der Waals surface area (Å²) in [6.07, 6.45) is 1.91. The predicted octanol–water partition coefficient (Wildman–Crippen LogP) is 3.12. The molecule has 0 bridgehead atoms. The number of benzene rings is 2. The average molecular weight is 452 g/mol. The zero-order valence-electron chi connectivity index (χ0n) is 18.4. The van der Waals surface area contributed by atoms with Crippen LogP contribution < -0.4 is 15.1 Å². The summed E-state index contributed by atoms with van der Waals surface area (Å²) < 4.78 is 5.31. The molecule has 0 aliphatic carbocycles. The minimum Gasteiger partial charge on any atom is -0.452 e. The molecular weight excluding hydrogens is 428 g/mol. The maximum atomic E-state index is 13.1. The summed E-state index contributed by atoms with van der Waals surface area (Å²) in [5, 5.41) is 14.0. The molecule has 2 aliphatic heterocycles. The lowest BCUT2D eigenvalue weighted by molar-refractivity contribution is -0.384. The molecule has 1 N–H and O–H groups in total. The van der Waals surface area contributed by atoms with E-state index in [1.807, 2.05) is 4.90 Å². The molecule has 0 aromatic heterocycles. The number of para-hydroxylation sites is 2. The topological polar surface area (TPSA) is 122 Å². The predicted molar refractivity (Wildman–Crippen MR) is 121 cm³/mol. The quantitative estimate of drug-likeness (QED) is 0.420. The Bertz CT molecular complexity index is 1140. The first-order valence-electron chi connectivity index (χ1n) is 10.6. The first-order chi connectivity index (χ1) is 15.7. The molecule has 0 unspecified atom stereocenters. The molecule has 2 amide bonds. The third kappa shape index (κ3) is 4.11. The Kier molecular flexibility index (Phi) is 5.75. The molecule has 172 valence electrons. The maximum Gasteiger partial charge on any atom is 0.341 e. The van der Waals surface area contributed by atoms with Crippen LogP contribution in [0.5, 0.6) is 0 Å². The number of carbonyl (C=O) groups is 3. The smallest absolute Gasteiger partial charge is 0.341 e. The fourth-order valence-electron chi connectivity index (χ4n) is 4.20. The van der Waals surface area contributed by atoms with Crippen LogP contribution in [-0.4, -0.2) is 47.9 Å². The summed E-state index contributed by atoms with van der Waals surface area (Å²) in [6.45, 7) is 4.04. The number of non-ortho nitro benzene ring substituents is 1. The van der Waals surface area contributed by atoms with Crippen LogP contribution in [0.2, 0.25) is 0 Å². The molecule has 2 heterocycles.